The largest absolute Gasteiger partial charge is 0.356 e. The second-order valence-corrected chi connectivity index (χ2v) is 8.62. The second-order valence-electron chi connectivity index (χ2n) is 8.62. The molecule has 0 aromatic rings. The first-order chi connectivity index (χ1) is 11.3. The van der Waals surface area contributed by atoms with E-state index in [0.29, 0.717) is 5.41 Å². The lowest BCUT2D eigenvalue weighted by Crippen LogP contribution is -2.72. The molecule has 0 saturated carbocycles. The van der Waals surface area contributed by atoms with Crippen LogP contribution in [0.15, 0.2) is 4.99 Å². The molecule has 24 heavy (non-hydrogen) atoms. The number of nitrogens with zero attached hydrogens (tertiary/aromatic N) is 4. The van der Waals surface area contributed by atoms with Gasteiger partial charge in [0.2, 0.25) is 0 Å². The van der Waals surface area contributed by atoms with Gasteiger partial charge in [0.05, 0.1) is 0 Å². The van der Waals surface area contributed by atoms with Gasteiger partial charge in [-0.15, -0.1) is 0 Å². The van der Waals surface area contributed by atoms with Crippen molar-refractivity contribution in [1.29, 1.82) is 0 Å². The Balaban J connectivity index is 1.82. The fourth-order valence-electron chi connectivity index (χ4n) is 3.60. The fraction of sp³-hybridized carbons (Fsp3) is 0.947. The Hall–Kier alpha value is -0.810. The van der Waals surface area contributed by atoms with Gasteiger partial charge in [-0.2, -0.15) is 0 Å². The summed E-state index contributed by atoms with van der Waals surface area (Å²) in [6.07, 6.45) is 2.44. The zero-order valence-corrected chi connectivity index (χ0v) is 16.9. The zero-order chi connectivity index (χ0) is 17.8. The van der Waals surface area contributed by atoms with Gasteiger partial charge in [-0.3, -0.25) is 4.99 Å². The number of guanidine groups is 1. The summed E-state index contributed by atoms with van der Waals surface area (Å²) in [5, 5.41) is 3.49. The predicted molar refractivity (Wildman–Crippen MR) is 104 cm³/mol. The van der Waals surface area contributed by atoms with E-state index >= 15 is 0 Å². The van der Waals surface area contributed by atoms with Crippen LogP contribution in [-0.4, -0.2) is 85.6 Å². The van der Waals surface area contributed by atoms with Crippen LogP contribution < -0.4 is 5.32 Å². The highest BCUT2D eigenvalue weighted by Crippen LogP contribution is 2.46. The summed E-state index contributed by atoms with van der Waals surface area (Å²) < 4.78 is 0. The molecule has 2 saturated heterocycles. The second kappa shape index (κ2) is 8.05. The lowest BCUT2D eigenvalue weighted by atomic mass is 9.65. The van der Waals surface area contributed by atoms with Gasteiger partial charge in [-0.1, -0.05) is 13.8 Å². The zero-order valence-electron chi connectivity index (χ0n) is 16.9. The summed E-state index contributed by atoms with van der Waals surface area (Å²) in [4.78, 5) is 12.4. The van der Waals surface area contributed by atoms with Crippen LogP contribution in [0.4, 0.5) is 0 Å². The molecule has 0 aliphatic carbocycles. The molecule has 5 heteroatoms. The predicted octanol–water partition coefficient (Wildman–Crippen LogP) is 2.10. The van der Waals surface area contributed by atoms with Crippen LogP contribution in [0, 0.1) is 5.41 Å². The number of likely N-dealkylation sites (N-methyl/N-ethyl adjacent to an activating group) is 1. The molecule has 0 aromatic carbocycles. The first-order valence-corrected chi connectivity index (χ1v) is 9.75. The quantitative estimate of drug-likeness (QED) is 0.473. The number of likely N-dealkylation sites (tertiary alicyclic amines) is 1. The lowest BCUT2D eigenvalue weighted by molar-refractivity contribution is -0.0667. The first-order valence-electron chi connectivity index (χ1n) is 9.75. The Morgan fingerprint density at radius 2 is 1.83 bits per heavy atom. The lowest BCUT2D eigenvalue weighted by Gasteiger charge is -2.62. The van der Waals surface area contributed by atoms with Crippen molar-refractivity contribution in [1.82, 2.24) is 20.0 Å². The normalized spacial score (nSPS) is 25.2. The maximum atomic E-state index is 4.91. The summed E-state index contributed by atoms with van der Waals surface area (Å²) in [7, 11) is 2.23. The Labute approximate surface area is 149 Å². The van der Waals surface area contributed by atoms with Gasteiger partial charge in [-0.05, 0) is 60.3 Å². The first kappa shape index (κ1) is 19.5. The third-order valence-electron chi connectivity index (χ3n) is 6.18. The van der Waals surface area contributed by atoms with Crippen LogP contribution in [0.5, 0.6) is 0 Å². The van der Waals surface area contributed by atoms with Gasteiger partial charge in [0, 0.05) is 43.7 Å². The third kappa shape index (κ3) is 4.42. The molecule has 2 aliphatic heterocycles. The van der Waals surface area contributed by atoms with Crippen molar-refractivity contribution in [2.24, 2.45) is 10.4 Å². The average Bonchev–Trinajstić information content (AvgIpc) is 2.73. The van der Waals surface area contributed by atoms with Gasteiger partial charge in [0.25, 0.3) is 0 Å². The van der Waals surface area contributed by atoms with E-state index in [1.165, 1.54) is 39.1 Å². The van der Waals surface area contributed by atoms with Gasteiger partial charge in [0.1, 0.15) is 0 Å². The van der Waals surface area contributed by atoms with Crippen molar-refractivity contribution in [2.45, 2.75) is 53.0 Å². The Morgan fingerprint density at radius 3 is 2.46 bits per heavy atom. The Morgan fingerprint density at radius 1 is 1.08 bits per heavy atom. The summed E-state index contributed by atoms with van der Waals surface area (Å²) in [6, 6.07) is 0. The van der Waals surface area contributed by atoms with Crippen molar-refractivity contribution in [3.8, 4) is 0 Å². The molecule has 0 atom stereocenters. The van der Waals surface area contributed by atoms with Crippen molar-refractivity contribution in [3.05, 3.63) is 0 Å². The van der Waals surface area contributed by atoms with Crippen molar-refractivity contribution < 1.29 is 0 Å². The fourth-order valence-corrected chi connectivity index (χ4v) is 3.60. The molecule has 2 aliphatic rings. The summed E-state index contributed by atoms with van der Waals surface area (Å²) in [5.41, 5.74) is 0.518. The molecule has 2 fully saturated rings. The molecule has 0 spiro atoms. The molecule has 0 unspecified atom stereocenters. The number of rotatable bonds is 5. The van der Waals surface area contributed by atoms with E-state index in [2.05, 4.69) is 61.7 Å². The van der Waals surface area contributed by atoms with E-state index in [1.54, 1.807) is 0 Å². The molecular weight excluding hydrogens is 298 g/mol. The van der Waals surface area contributed by atoms with Crippen molar-refractivity contribution in [3.63, 3.8) is 0 Å². The van der Waals surface area contributed by atoms with Crippen LogP contribution in [0.2, 0.25) is 0 Å². The van der Waals surface area contributed by atoms with Gasteiger partial charge in [-0.25, -0.2) is 0 Å². The molecule has 0 amide bonds. The Bertz CT molecular complexity index is 429. The number of hydrogen-bond donors (Lipinski definition) is 1. The van der Waals surface area contributed by atoms with Crippen molar-refractivity contribution >= 4 is 5.96 Å². The molecule has 140 valence electrons. The molecule has 0 aromatic heterocycles. The molecule has 0 bridgehead atoms. The van der Waals surface area contributed by atoms with E-state index in [4.69, 9.17) is 4.99 Å². The standard InChI is InChI=1S/C19H39N5/c1-7-20-17(24-16-18(2,3)19(24,4)5)21-10-8-12-23-13-9-11-22(6)14-15-23/h7-16H2,1-6H3,(H,20,21). The molecule has 2 heterocycles. The number of aliphatic imine (C=N–C) groups is 1. The summed E-state index contributed by atoms with van der Waals surface area (Å²) in [5.74, 6) is 1.09. The molecule has 1 N–H and O–H groups in total. The highest BCUT2D eigenvalue weighted by atomic mass is 15.4. The van der Waals surface area contributed by atoms with Gasteiger partial charge in [0.15, 0.2) is 5.96 Å². The van der Waals surface area contributed by atoms with E-state index in [-0.39, 0.29) is 5.54 Å². The smallest absolute Gasteiger partial charge is 0.194 e. The van der Waals surface area contributed by atoms with Gasteiger partial charge < -0.3 is 20.0 Å². The van der Waals surface area contributed by atoms with E-state index < -0.39 is 0 Å². The maximum Gasteiger partial charge on any atom is 0.194 e. The number of hydrogen-bond acceptors (Lipinski definition) is 3. The van der Waals surface area contributed by atoms with Crippen LogP contribution in [0.25, 0.3) is 0 Å². The van der Waals surface area contributed by atoms with Crippen LogP contribution >= 0.6 is 0 Å². The molecule has 2 rings (SSSR count). The molecule has 0 radical (unpaired) electrons. The number of nitrogens with one attached hydrogen (secondary N) is 1. The molecular formula is C19H39N5. The highest BCUT2D eigenvalue weighted by Gasteiger charge is 2.53. The van der Waals surface area contributed by atoms with E-state index in [1.807, 2.05) is 0 Å². The monoisotopic (exact) mass is 337 g/mol. The minimum Gasteiger partial charge on any atom is -0.356 e. The molecule has 5 nitrogen and oxygen atoms in total. The van der Waals surface area contributed by atoms with E-state index in [0.717, 1.165) is 32.0 Å². The topological polar surface area (TPSA) is 34.1 Å². The summed E-state index contributed by atoms with van der Waals surface area (Å²) in [6.45, 7) is 20.5. The van der Waals surface area contributed by atoms with Crippen LogP contribution in [0.1, 0.15) is 47.5 Å². The average molecular weight is 338 g/mol. The van der Waals surface area contributed by atoms with Crippen LogP contribution in [-0.2, 0) is 0 Å². The third-order valence-corrected chi connectivity index (χ3v) is 6.18. The van der Waals surface area contributed by atoms with Crippen LogP contribution in [0.3, 0.4) is 0 Å². The highest BCUT2D eigenvalue weighted by molar-refractivity contribution is 5.82. The Kier molecular flexibility index (Phi) is 6.54. The SMILES string of the molecule is CCNC(=NCCCN1CCCN(C)CC1)N1CC(C)(C)C1(C)C. The van der Waals surface area contributed by atoms with E-state index in [9.17, 15) is 0 Å². The summed E-state index contributed by atoms with van der Waals surface area (Å²) >= 11 is 0. The van der Waals surface area contributed by atoms with Gasteiger partial charge >= 0.3 is 0 Å². The minimum absolute atomic E-state index is 0.170. The maximum absolute atomic E-state index is 4.91. The minimum atomic E-state index is 0.170. The van der Waals surface area contributed by atoms with Crippen molar-refractivity contribution in [2.75, 3.05) is 59.4 Å².